The third-order valence-electron chi connectivity index (χ3n) is 5.52. The van der Waals surface area contributed by atoms with Crippen molar-refractivity contribution in [3.8, 4) is 28.3 Å². The van der Waals surface area contributed by atoms with Gasteiger partial charge in [0, 0.05) is 41.8 Å². The Bertz CT molecular complexity index is 1020. The van der Waals surface area contributed by atoms with Crippen LogP contribution in [-0.4, -0.2) is 27.8 Å². The van der Waals surface area contributed by atoms with E-state index in [2.05, 4.69) is 29.9 Å². The minimum absolute atomic E-state index is 0.0863. The quantitative estimate of drug-likeness (QED) is 0.293. The van der Waals surface area contributed by atoms with Gasteiger partial charge in [-0.05, 0) is 50.3 Å². The van der Waals surface area contributed by atoms with E-state index in [1.807, 2.05) is 42.7 Å². The van der Waals surface area contributed by atoms with Gasteiger partial charge >= 0.3 is 0 Å². The van der Waals surface area contributed by atoms with E-state index in [9.17, 15) is 9.50 Å². The molecule has 0 amide bonds. The van der Waals surface area contributed by atoms with E-state index < -0.39 is 5.82 Å². The normalized spacial score (nSPS) is 12.3. The first kappa shape index (κ1) is 24.6. The zero-order chi connectivity index (χ0) is 23.5. The van der Waals surface area contributed by atoms with Crippen molar-refractivity contribution in [3.63, 3.8) is 0 Å². The minimum atomic E-state index is -0.455. The fraction of sp³-hybridized carbons (Fsp3) is 0.357. The second kappa shape index (κ2) is 12.9. The number of halogens is 1. The number of phenols is 1. The zero-order valence-electron chi connectivity index (χ0n) is 19.5. The summed E-state index contributed by atoms with van der Waals surface area (Å²) in [5.74, 6) is 0.0832. The highest BCUT2D eigenvalue weighted by molar-refractivity contribution is 5.68. The lowest BCUT2D eigenvalue weighted by molar-refractivity contribution is 0.0566. The summed E-state index contributed by atoms with van der Waals surface area (Å²) in [5.41, 5.74) is 3.00. The first-order valence-corrected chi connectivity index (χ1v) is 11.8. The number of rotatable bonds is 12. The summed E-state index contributed by atoms with van der Waals surface area (Å²) in [6.07, 6.45) is 14.9. The number of allylic oxidation sites excluding steroid dienone is 1. The van der Waals surface area contributed by atoms with Crippen molar-refractivity contribution in [2.75, 3.05) is 6.61 Å². The lowest BCUT2D eigenvalue weighted by Gasteiger charge is -2.11. The second-order valence-electron chi connectivity index (χ2n) is 8.30. The number of phenolic OH excluding ortho intramolecular Hbond substituents is 1. The minimum Gasteiger partial charge on any atom is -0.508 e. The predicted molar refractivity (Wildman–Crippen MR) is 132 cm³/mol. The Labute approximate surface area is 196 Å². The monoisotopic (exact) mass is 448 g/mol. The smallest absolute Gasteiger partial charge is 0.159 e. The van der Waals surface area contributed by atoms with Gasteiger partial charge in [-0.15, -0.1) is 0 Å². The number of hydrogen-bond acceptors (Lipinski definition) is 4. The Morgan fingerprint density at radius 2 is 1.73 bits per heavy atom. The molecule has 1 atom stereocenters. The molecule has 5 heteroatoms. The van der Waals surface area contributed by atoms with E-state index >= 15 is 0 Å². The van der Waals surface area contributed by atoms with Crippen molar-refractivity contribution in [2.24, 2.45) is 0 Å². The predicted octanol–water partition coefficient (Wildman–Crippen LogP) is 7.43. The number of benzene rings is 2. The number of ether oxygens (including phenoxy) is 1. The van der Waals surface area contributed by atoms with E-state index in [4.69, 9.17) is 4.74 Å². The number of aromatic nitrogens is 2. The van der Waals surface area contributed by atoms with Crippen molar-refractivity contribution in [1.82, 2.24) is 9.97 Å². The fourth-order valence-corrected chi connectivity index (χ4v) is 3.57. The molecule has 1 heterocycles. The first-order chi connectivity index (χ1) is 16.1. The molecule has 0 aliphatic heterocycles. The lowest BCUT2D eigenvalue weighted by Crippen LogP contribution is -2.08. The third-order valence-corrected chi connectivity index (χ3v) is 5.52. The van der Waals surface area contributed by atoms with Gasteiger partial charge in [-0.2, -0.15) is 0 Å². The lowest BCUT2D eigenvalue weighted by atomic mass is 10.0. The molecule has 0 fully saturated rings. The Hall–Kier alpha value is -3.05. The van der Waals surface area contributed by atoms with Crippen LogP contribution in [0.15, 0.2) is 60.9 Å². The van der Waals surface area contributed by atoms with E-state index in [0.29, 0.717) is 17.5 Å². The molecule has 3 rings (SSSR count). The SMILES string of the molecule is CCCCCOC(C)CCCC=Cc1cnc(-c2ccc(-c3ccc(O)cc3F)cc2)nc1. The van der Waals surface area contributed by atoms with Crippen LogP contribution < -0.4 is 0 Å². The van der Waals surface area contributed by atoms with E-state index in [0.717, 1.165) is 55.0 Å². The molecule has 4 nitrogen and oxygen atoms in total. The van der Waals surface area contributed by atoms with E-state index in [1.54, 1.807) is 6.07 Å². The van der Waals surface area contributed by atoms with E-state index in [1.165, 1.54) is 18.9 Å². The van der Waals surface area contributed by atoms with Gasteiger partial charge in [0.25, 0.3) is 0 Å². The average molecular weight is 449 g/mol. The molecule has 2 aromatic carbocycles. The Balaban J connectivity index is 1.48. The fourth-order valence-electron chi connectivity index (χ4n) is 3.57. The van der Waals surface area contributed by atoms with Crippen LogP contribution >= 0.6 is 0 Å². The summed E-state index contributed by atoms with van der Waals surface area (Å²) < 4.78 is 19.9. The molecule has 1 aromatic heterocycles. The summed E-state index contributed by atoms with van der Waals surface area (Å²) in [4.78, 5) is 8.93. The van der Waals surface area contributed by atoms with Gasteiger partial charge in [0.15, 0.2) is 5.82 Å². The second-order valence-corrected chi connectivity index (χ2v) is 8.30. The summed E-state index contributed by atoms with van der Waals surface area (Å²) in [5, 5.41) is 9.38. The number of unbranched alkanes of at least 4 members (excludes halogenated alkanes) is 3. The van der Waals surface area contributed by atoms with Gasteiger partial charge in [0.05, 0.1) is 6.10 Å². The number of aromatic hydroxyl groups is 1. The van der Waals surface area contributed by atoms with Crippen molar-refractivity contribution in [3.05, 3.63) is 72.3 Å². The van der Waals surface area contributed by atoms with Crippen molar-refractivity contribution in [1.29, 1.82) is 0 Å². The van der Waals surface area contributed by atoms with Gasteiger partial charge in [-0.1, -0.05) is 56.2 Å². The van der Waals surface area contributed by atoms with Gasteiger partial charge in [-0.3, -0.25) is 0 Å². The number of nitrogens with zero attached hydrogens (tertiary/aromatic N) is 2. The molecular formula is C28H33FN2O2. The zero-order valence-corrected chi connectivity index (χ0v) is 19.5. The van der Waals surface area contributed by atoms with Crippen LogP contribution in [-0.2, 0) is 4.74 Å². The maximum atomic E-state index is 14.1. The molecule has 0 aliphatic carbocycles. The highest BCUT2D eigenvalue weighted by atomic mass is 19.1. The van der Waals surface area contributed by atoms with Gasteiger partial charge < -0.3 is 9.84 Å². The highest BCUT2D eigenvalue weighted by Crippen LogP contribution is 2.27. The Kier molecular flexibility index (Phi) is 9.58. The summed E-state index contributed by atoms with van der Waals surface area (Å²) >= 11 is 0. The van der Waals surface area contributed by atoms with Crippen LogP contribution in [0.4, 0.5) is 4.39 Å². The molecule has 0 bridgehead atoms. The third kappa shape index (κ3) is 7.79. The van der Waals surface area contributed by atoms with E-state index in [-0.39, 0.29) is 5.75 Å². The molecule has 33 heavy (non-hydrogen) atoms. The molecular weight excluding hydrogens is 415 g/mol. The largest absolute Gasteiger partial charge is 0.508 e. The molecule has 174 valence electrons. The van der Waals surface area contributed by atoms with Gasteiger partial charge in [0.2, 0.25) is 0 Å². The van der Waals surface area contributed by atoms with Crippen LogP contribution in [0.2, 0.25) is 0 Å². The first-order valence-electron chi connectivity index (χ1n) is 11.8. The van der Waals surface area contributed by atoms with Crippen LogP contribution in [0, 0.1) is 5.82 Å². The van der Waals surface area contributed by atoms with Crippen LogP contribution in [0.3, 0.4) is 0 Å². The van der Waals surface area contributed by atoms with Gasteiger partial charge in [0.1, 0.15) is 11.6 Å². The topological polar surface area (TPSA) is 55.2 Å². The van der Waals surface area contributed by atoms with Gasteiger partial charge in [-0.25, -0.2) is 14.4 Å². The highest BCUT2D eigenvalue weighted by Gasteiger charge is 2.07. The van der Waals surface area contributed by atoms with Crippen molar-refractivity contribution >= 4 is 6.08 Å². The Morgan fingerprint density at radius 1 is 1.00 bits per heavy atom. The Morgan fingerprint density at radius 3 is 2.42 bits per heavy atom. The van der Waals surface area contributed by atoms with Crippen LogP contribution in [0.5, 0.6) is 5.75 Å². The molecule has 0 aliphatic rings. The molecule has 3 aromatic rings. The molecule has 0 saturated heterocycles. The maximum Gasteiger partial charge on any atom is 0.159 e. The molecule has 1 unspecified atom stereocenters. The molecule has 0 saturated carbocycles. The average Bonchev–Trinajstić information content (AvgIpc) is 2.82. The van der Waals surface area contributed by atoms with Crippen LogP contribution in [0.1, 0.15) is 57.9 Å². The standard InChI is InChI=1S/C28H33FN2O2/c1-3-4-8-17-33-21(2)9-6-5-7-10-22-19-30-28(31-20-22)24-13-11-23(12-14-24)26-16-15-25(32)18-27(26)29/h7,10-16,18-21,32H,3-6,8-9,17H2,1-2H3. The molecule has 0 radical (unpaired) electrons. The molecule has 1 N–H and O–H groups in total. The summed E-state index contributed by atoms with van der Waals surface area (Å²) in [6, 6.07) is 11.6. The van der Waals surface area contributed by atoms with Crippen molar-refractivity contribution < 1.29 is 14.2 Å². The van der Waals surface area contributed by atoms with Crippen LogP contribution in [0.25, 0.3) is 28.6 Å². The maximum absolute atomic E-state index is 14.1. The number of hydrogen-bond donors (Lipinski definition) is 1. The molecule has 0 spiro atoms. The summed E-state index contributed by atoms with van der Waals surface area (Å²) in [6.45, 7) is 5.22. The summed E-state index contributed by atoms with van der Waals surface area (Å²) in [7, 11) is 0. The van der Waals surface area contributed by atoms with Crippen molar-refractivity contribution in [2.45, 2.75) is 58.5 Å².